The Bertz CT molecular complexity index is 580. The van der Waals surface area contributed by atoms with Gasteiger partial charge in [0.1, 0.15) is 24.1 Å². The number of piperidine rings is 1. The van der Waals surface area contributed by atoms with Crippen LogP contribution < -0.4 is 5.32 Å². The first kappa shape index (κ1) is 23.2. The molecule has 1 aliphatic heterocycles. The van der Waals surface area contributed by atoms with E-state index < -0.39 is 5.83 Å². The minimum atomic E-state index is -0.606. The second-order valence-corrected chi connectivity index (χ2v) is 6.57. The number of carbonyl (C=O) groups is 2. The first-order chi connectivity index (χ1) is 12.8. The first-order valence-corrected chi connectivity index (χ1v) is 9.42. The lowest BCUT2D eigenvalue weighted by atomic mass is 9.97. The molecule has 0 saturated carbocycles. The van der Waals surface area contributed by atoms with E-state index in [1.165, 1.54) is 6.08 Å². The maximum Gasteiger partial charge on any atom is 0.237 e. The standard InChI is InChI=1S/C19H28ClFN2O4/c1-14(2)17(11-15(3)21)27-10-9-26-8-6-22-19(25)16-5-4-7-23(13-16)18(24)12-20/h11,16H,1,3-10,12-13H2,2H3,(H,22,25)/b17-11+. The number of hydrogen-bond acceptors (Lipinski definition) is 4. The highest BCUT2D eigenvalue weighted by Gasteiger charge is 2.27. The van der Waals surface area contributed by atoms with E-state index in [4.69, 9.17) is 21.1 Å². The van der Waals surface area contributed by atoms with Crippen LogP contribution in [0.25, 0.3) is 0 Å². The number of allylic oxidation sites excluding steroid dienone is 3. The van der Waals surface area contributed by atoms with E-state index in [0.717, 1.165) is 12.8 Å². The molecule has 0 aromatic heterocycles. The zero-order valence-electron chi connectivity index (χ0n) is 15.8. The third kappa shape index (κ3) is 9.06. The summed E-state index contributed by atoms with van der Waals surface area (Å²) in [5, 5.41) is 2.81. The highest BCUT2D eigenvalue weighted by molar-refractivity contribution is 6.27. The van der Waals surface area contributed by atoms with Crippen LogP contribution in [0.5, 0.6) is 0 Å². The number of rotatable bonds is 11. The van der Waals surface area contributed by atoms with Crippen molar-refractivity contribution in [1.82, 2.24) is 10.2 Å². The molecule has 8 heteroatoms. The lowest BCUT2D eigenvalue weighted by Gasteiger charge is -2.31. The summed E-state index contributed by atoms with van der Waals surface area (Å²) >= 11 is 5.57. The fourth-order valence-electron chi connectivity index (χ4n) is 2.64. The lowest BCUT2D eigenvalue weighted by Crippen LogP contribution is -2.46. The Labute approximate surface area is 165 Å². The third-order valence-corrected chi connectivity index (χ3v) is 4.23. The van der Waals surface area contributed by atoms with E-state index >= 15 is 0 Å². The number of hydrogen-bond donors (Lipinski definition) is 1. The molecular weight excluding hydrogens is 375 g/mol. The van der Waals surface area contributed by atoms with E-state index in [1.807, 2.05) is 0 Å². The number of amides is 2. The maximum atomic E-state index is 12.8. The van der Waals surface area contributed by atoms with E-state index in [1.54, 1.807) is 11.8 Å². The van der Waals surface area contributed by atoms with Crippen molar-refractivity contribution in [2.45, 2.75) is 19.8 Å². The van der Waals surface area contributed by atoms with Crippen molar-refractivity contribution < 1.29 is 23.5 Å². The lowest BCUT2D eigenvalue weighted by molar-refractivity contribution is -0.133. The molecule has 1 N–H and O–H groups in total. The fraction of sp³-hybridized carbons (Fsp3) is 0.579. The van der Waals surface area contributed by atoms with Crippen LogP contribution >= 0.6 is 11.6 Å². The van der Waals surface area contributed by atoms with Gasteiger partial charge in [0.15, 0.2) is 0 Å². The van der Waals surface area contributed by atoms with Crippen LogP contribution in [0.2, 0.25) is 0 Å². The van der Waals surface area contributed by atoms with Gasteiger partial charge in [0.2, 0.25) is 11.8 Å². The van der Waals surface area contributed by atoms with Crippen molar-refractivity contribution >= 4 is 23.4 Å². The summed E-state index contributed by atoms with van der Waals surface area (Å²) in [5.41, 5.74) is 0.593. The van der Waals surface area contributed by atoms with Gasteiger partial charge in [-0.05, 0) is 25.3 Å². The molecule has 0 aliphatic carbocycles. The number of alkyl halides is 1. The molecule has 27 heavy (non-hydrogen) atoms. The van der Waals surface area contributed by atoms with Gasteiger partial charge in [0.25, 0.3) is 0 Å². The molecule has 1 fully saturated rings. The Morgan fingerprint density at radius 3 is 2.70 bits per heavy atom. The van der Waals surface area contributed by atoms with Crippen LogP contribution in [0, 0.1) is 5.92 Å². The summed E-state index contributed by atoms with van der Waals surface area (Å²) in [6, 6.07) is 0. The van der Waals surface area contributed by atoms with Gasteiger partial charge in [-0.2, -0.15) is 0 Å². The summed E-state index contributed by atoms with van der Waals surface area (Å²) in [7, 11) is 0. The van der Waals surface area contributed by atoms with Crippen molar-refractivity contribution in [2.24, 2.45) is 5.92 Å². The average molecular weight is 403 g/mol. The molecule has 1 unspecified atom stereocenters. The maximum absolute atomic E-state index is 12.8. The zero-order chi connectivity index (χ0) is 20.2. The quantitative estimate of drug-likeness (QED) is 0.249. The highest BCUT2D eigenvalue weighted by atomic mass is 35.5. The Morgan fingerprint density at radius 1 is 1.33 bits per heavy atom. The highest BCUT2D eigenvalue weighted by Crippen LogP contribution is 2.17. The molecule has 0 radical (unpaired) electrons. The predicted molar refractivity (Wildman–Crippen MR) is 103 cm³/mol. The summed E-state index contributed by atoms with van der Waals surface area (Å²) in [4.78, 5) is 25.5. The van der Waals surface area contributed by atoms with Gasteiger partial charge >= 0.3 is 0 Å². The monoisotopic (exact) mass is 402 g/mol. The van der Waals surface area contributed by atoms with Gasteiger partial charge in [-0.3, -0.25) is 9.59 Å². The number of halogens is 2. The summed E-state index contributed by atoms with van der Waals surface area (Å²) < 4.78 is 23.6. The molecule has 0 aromatic carbocycles. The molecule has 1 saturated heterocycles. The molecule has 0 bridgehead atoms. The molecule has 152 valence electrons. The summed E-state index contributed by atoms with van der Waals surface area (Å²) in [6.45, 7) is 10.8. The Kier molecular flexibility index (Phi) is 10.7. The molecule has 1 atom stereocenters. The number of nitrogens with zero attached hydrogens (tertiary/aromatic N) is 1. The SMILES string of the molecule is C=C(F)/C=C(/OCCOCCNC(=O)C1CCCN(C(=O)CCl)C1)C(=C)C. The van der Waals surface area contributed by atoms with Gasteiger partial charge in [0.05, 0.1) is 19.1 Å². The molecule has 1 rings (SSSR count). The largest absolute Gasteiger partial charge is 0.491 e. The number of carbonyl (C=O) groups excluding carboxylic acids is 2. The second-order valence-electron chi connectivity index (χ2n) is 6.30. The van der Waals surface area contributed by atoms with Gasteiger partial charge in [-0.15, -0.1) is 11.6 Å². The molecular formula is C19H28ClFN2O4. The Balaban J connectivity index is 2.19. The molecule has 6 nitrogen and oxygen atoms in total. The van der Waals surface area contributed by atoms with E-state index in [-0.39, 0.29) is 30.2 Å². The topological polar surface area (TPSA) is 67.9 Å². The molecule has 2 amide bonds. The molecule has 1 heterocycles. The van der Waals surface area contributed by atoms with E-state index in [0.29, 0.717) is 44.2 Å². The van der Waals surface area contributed by atoms with Gasteiger partial charge in [0, 0.05) is 25.7 Å². The molecule has 0 aromatic rings. The van der Waals surface area contributed by atoms with Crippen molar-refractivity contribution in [3.63, 3.8) is 0 Å². The fourth-order valence-corrected chi connectivity index (χ4v) is 2.80. The van der Waals surface area contributed by atoms with Crippen LogP contribution in [0.1, 0.15) is 19.8 Å². The number of likely N-dealkylation sites (tertiary alicyclic amines) is 1. The van der Waals surface area contributed by atoms with Crippen LogP contribution in [0.4, 0.5) is 4.39 Å². The minimum Gasteiger partial charge on any atom is -0.491 e. The minimum absolute atomic E-state index is 0.0635. The summed E-state index contributed by atoms with van der Waals surface area (Å²) in [5.74, 6) is -0.788. The van der Waals surface area contributed by atoms with Gasteiger partial charge in [-0.25, -0.2) is 4.39 Å². The summed E-state index contributed by atoms with van der Waals surface area (Å²) in [6.07, 6.45) is 2.71. The van der Waals surface area contributed by atoms with Crippen molar-refractivity contribution in [2.75, 3.05) is 45.3 Å². The van der Waals surface area contributed by atoms with Gasteiger partial charge < -0.3 is 19.7 Å². The Hall–Kier alpha value is -1.86. The Morgan fingerprint density at radius 2 is 2.07 bits per heavy atom. The van der Waals surface area contributed by atoms with Crippen molar-refractivity contribution in [3.8, 4) is 0 Å². The van der Waals surface area contributed by atoms with E-state index in [2.05, 4.69) is 18.5 Å². The smallest absolute Gasteiger partial charge is 0.237 e. The third-order valence-electron chi connectivity index (χ3n) is 4.00. The van der Waals surface area contributed by atoms with Crippen LogP contribution in [-0.4, -0.2) is 62.0 Å². The van der Waals surface area contributed by atoms with Crippen LogP contribution in [0.15, 0.2) is 36.4 Å². The van der Waals surface area contributed by atoms with Gasteiger partial charge in [-0.1, -0.05) is 13.2 Å². The van der Waals surface area contributed by atoms with Crippen molar-refractivity contribution in [1.29, 1.82) is 0 Å². The average Bonchev–Trinajstić information content (AvgIpc) is 2.65. The molecule has 0 spiro atoms. The van der Waals surface area contributed by atoms with Crippen LogP contribution in [-0.2, 0) is 19.1 Å². The second kappa shape index (κ2) is 12.5. The van der Waals surface area contributed by atoms with Crippen LogP contribution in [0.3, 0.4) is 0 Å². The normalized spacial score (nSPS) is 17.4. The predicted octanol–water partition coefficient (Wildman–Crippen LogP) is 2.56. The first-order valence-electron chi connectivity index (χ1n) is 8.89. The zero-order valence-corrected chi connectivity index (χ0v) is 16.5. The van der Waals surface area contributed by atoms with Crippen molar-refractivity contribution in [3.05, 3.63) is 36.4 Å². The molecule has 1 aliphatic rings. The number of nitrogens with one attached hydrogen (secondary N) is 1. The number of ether oxygens (including phenoxy) is 2. The van der Waals surface area contributed by atoms with E-state index in [9.17, 15) is 14.0 Å².